The molecule has 3 aromatic rings. The van der Waals surface area contributed by atoms with Gasteiger partial charge in [0.1, 0.15) is 0 Å². The fourth-order valence-corrected chi connectivity index (χ4v) is 2.68. The average Bonchev–Trinajstić information content (AvgIpc) is 2.72. The molecule has 3 aromatic carbocycles. The van der Waals surface area contributed by atoms with Gasteiger partial charge in [-0.1, -0.05) is 42.5 Å². The third-order valence-corrected chi connectivity index (χ3v) is 4.17. The van der Waals surface area contributed by atoms with Gasteiger partial charge in [-0.15, -0.1) is 0 Å². The molecule has 0 aliphatic heterocycles. The van der Waals surface area contributed by atoms with E-state index in [0.29, 0.717) is 11.3 Å². The Morgan fingerprint density at radius 2 is 1.79 bits per heavy atom. The van der Waals surface area contributed by atoms with Gasteiger partial charge in [-0.3, -0.25) is 14.9 Å². The zero-order chi connectivity index (χ0) is 20.8. The van der Waals surface area contributed by atoms with E-state index in [1.165, 1.54) is 31.2 Å². The van der Waals surface area contributed by atoms with Crippen molar-refractivity contribution in [3.63, 3.8) is 0 Å². The van der Waals surface area contributed by atoms with Crippen LogP contribution < -0.4 is 5.32 Å². The summed E-state index contributed by atoms with van der Waals surface area (Å²) in [6.07, 6.45) is 1.51. The first-order valence-electron chi connectivity index (χ1n) is 8.85. The number of rotatable bonds is 6. The Morgan fingerprint density at radius 1 is 1.03 bits per heavy atom. The van der Waals surface area contributed by atoms with Crippen molar-refractivity contribution in [2.45, 2.75) is 13.0 Å². The van der Waals surface area contributed by atoms with Crippen LogP contribution in [0.4, 0.5) is 11.4 Å². The van der Waals surface area contributed by atoms with Crippen molar-refractivity contribution < 1.29 is 19.2 Å². The number of nitrogens with one attached hydrogen (secondary N) is 1. The van der Waals surface area contributed by atoms with Crippen molar-refractivity contribution in [1.82, 2.24) is 0 Å². The molecule has 1 amide bonds. The minimum atomic E-state index is -1.01. The second kappa shape index (κ2) is 8.79. The summed E-state index contributed by atoms with van der Waals surface area (Å²) < 4.78 is 5.10. The number of nitrogens with zero attached hydrogens (tertiary/aromatic N) is 1. The molecular formula is C22H18N2O5. The Balaban J connectivity index is 1.59. The number of nitro benzene ring substituents is 1. The normalized spacial score (nSPS) is 11.9. The Morgan fingerprint density at radius 3 is 2.55 bits per heavy atom. The van der Waals surface area contributed by atoms with Gasteiger partial charge in [0.15, 0.2) is 6.10 Å². The number of hydrogen-bond acceptors (Lipinski definition) is 5. The number of carbonyl (C=O) groups excluding carboxylic acids is 2. The number of fused-ring (bicyclic) bond motifs is 1. The molecule has 0 spiro atoms. The van der Waals surface area contributed by atoms with E-state index in [1.54, 1.807) is 12.1 Å². The highest BCUT2D eigenvalue weighted by Crippen LogP contribution is 2.19. The van der Waals surface area contributed by atoms with Crippen LogP contribution in [0.1, 0.15) is 12.5 Å². The molecule has 1 atom stereocenters. The van der Waals surface area contributed by atoms with Crippen molar-refractivity contribution in [3.05, 3.63) is 88.5 Å². The molecule has 0 aliphatic carbocycles. The van der Waals surface area contributed by atoms with Crippen LogP contribution in [0.5, 0.6) is 0 Å². The second-order valence-electron chi connectivity index (χ2n) is 6.32. The molecule has 7 heteroatoms. The van der Waals surface area contributed by atoms with Gasteiger partial charge >= 0.3 is 5.97 Å². The largest absolute Gasteiger partial charge is 0.449 e. The van der Waals surface area contributed by atoms with Crippen molar-refractivity contribution in [3.8, 4) is 0 Å². The fourth-order valence-electron chi connectivity index (χ4n) is 2.68. The molecule has 0 saturated carbocycles. The quantitative estimate of drug-likeness (QED) is 0.292. The van der Waals surface area contributed by atoms with Crippen LogP contribution in [-0.2, 0) is 14.3 Å². The number of amides is 1. The Hall–Kier alpha value is -4.00. The molecule has 29 heavy (non-hydrogen) atoms. The van der Waals surface area contributed by atoms with Crippen LogP contribution in [-0.4, -0.2) is 22.9 Å². The molecule has 0 heterocycles. The van der Waals surface area contributed by atoms with E-state index in [2.05, 4.69) is 5.32 Å². The number of anilines is 1. The van der Waals surface area contributed by atoms with Gasteiger partial charge in [-0.05, 0) is 41.5 Å². The van der Waals surface area contributed by atoms with Gasteiger partial charge < -0.3 is 10.1 Å². The predicted octanol–water partition coefficient (Wildman–Crippen LogP) is 4.33. The highest BCUT2D eigenvalue weighted by molar-refractivity contribution is 5.98. The summed E-state index contributed by atoms with van der Waals surface area (Å²) in [5.74, 6) is -1.19. The fraction of sp³-hybridized carbons (Fsp3) is 0.0909. The molecule has 7 nitrogen and oxygen atoms in total. The number of nitro groups is 1. The van der Waals surface area contributed by atoms with E-state index >= 15 is 0 Å². The summed E-state index contributed by atoms with van der Waals surface area (Å²) in [6, 6.07) is 19.1. The molecular weight excluding hydrogens is 372 g/mol. The van der Waals surface area contributed by atoms with Crippen LogP contribution in [0.2, 0.25) is 0 Å². The zero-order valence-electron chi connectivity index (χ0n) is 15.6. The molecule has 0 radical (unpaired) electrons. The zero-order valence-corrected chi connectivity index (χ0v) is 15.6. The van der Waals surface area contributed by atoms with Crippen molar-refractivity contribution in [2.75, 3.05) is 5.32 Å². The maximum atomic E-state index is 12.3. The molecule has 0 aromatic heterocycles. The summed E-state index contributed by atoms with van der Waals surface area (Å²) in [7, 11) is 0. The molecule has 0 fully saturated rings. The van der Waals surface area contributed by atoms with E-state index in [9.17, 15) is 19.7 Å². The summed E-state index contributed by atoms with van der Waals surface area (Å²) in [4.78, 5) is 34.5. The predicted molar refractivity (Wildman–Crippen MR) is 110 cm³/mol. The van der Waals surface area contributed by atoms with Crippen LogP contribution in [0.3, 0.4) is 0 Å². The van der Waals surface area contributed by atoms with Crippen LogP contribution in [0.25, 0.3) is 16.8 Å². The summed E-state index contributed by atoms with van der Waals surface area (Å²) in [5, 5.41) is 15.5. The summed E-state index contributed by atoms with van der Waals surface area (Å²) in [6.45, 7) is 1.47. The molecule has 0 aliphatic rings. The van der Waals surface area contributed by atoms with Crippen molar-refractivity contribution >= 4 is 40.1 Å². The third kappa shape index (κ3) is 5.26. The van der Waals surface area contributed by atoms with Crippen LogP contribution in [0, 0.1) is 10.1 Å². The maximum absolute atomic E-state index is 12.3. The minimum absolute atomic E-state index is 0.0800. The number of ether oxygens (including phenoxy) is 1. The first-order chi connectivity index (χ1) is 13.9. The monoisotopic (exact) mass is 390 g/mol. The second-order valence-corrected chi connectivity index (χ2v) is 6.32. The SMILES string of the molecule is CC(OC(=O)/C=C/c1cccc([N+](=O)[O-])c1)C(=O)Nc1ccc2ccccc2c1. The van der Waals surface area contributed by atoms with Gasteiger partial charge in [-0.25, -0.2) is 4.79 Å². The summed E-state index contributed by atoms with van der Waals surface area (Å²) >= 11 is 0. The van der Waals surface area contributed by atoms with Crippen LogP contribution in [0.15, 0.2) is 72.8 Å². The highest BCUT2D eigenvalue weighted by Gasteiger charge is 2.17. The minimum Gasteiger partial charge on any atom is -0.449 e. The van der Waals surface area contributed by atoms with Gasteiger partial charge in [-0.2, -0.15) is 0 Å². The average molecular weight is 390 g/mol. The van der Waals surface area contributed by atoms with Gasteiger partial charge in [0.25, 0.3) is 11.6 Å². The number of benzene rings is 3. The van der Waals surface area contributed by atoms with Crippen LogP contribution >= 0.6 is 0 Å². The van der Waals surface area contributed by atoms with E-state index in [-0.39, 0.29) is 5.69 Å². The van der Waals surface area contributed by atoms with E-state index in [1.807, 2.05) is 36.4 Å². The van der Waals surface area contributed by atoms with Gasteiger partial charge in [0.05, 0.1) is 4.92 Å². The molecule has 3 rings (SSSR count). The first kappa shape index (κ1) is 19.8. The lowest BCUT2D eigenvalue weighted by Gasteiger charge is -2.13. The first-order valence-corrected chi connectivity index (χ1v) is 8.85. The van der Waals surface area contributed by atoms with E-state index in [4.69, 9.17) is 4.74 Å². The maximum Gasteiger partial charge on any atom is 0.331 e. The van der Waals surface area contributed by atoms with E-state index < -0.39 is 22.9 Å². The topological polar surface area (TPSA) is 98.5 Å². The van der Waals surface area contributed by atoms with E-state index in [0.717, 1.165) is 16.8 Å². The third-order valence-electron chi connectivity index (χ3n) is 4.17. The number of esters is 1. The molecule has 1 N–H and O–H groups in total. The highest BCUT2D eigenvalue weighted by atomic mass is 16.6. The number of non-ortho nitro benzene ring substituents is 1. The molecule has 1 unspecified atom stereocenters. The Labute approximate surface area is 166 Å². The smallest absolute Gasteiger partial charge is 0.331 e. The molecule has 0 saturated heterocycles. The van der Waals surface area contributed by atoms with Gasteiger partial charge in [0, 0.05) is 23.9 Å². The van der Waals surface area contributed by atoms with Crippen molar-refractivity contribution in [1.29, 1.82) is 0 Å². The molecule has 146 valence electrons. The Kier molecular flexibility index (Phi) is 5.99. The van der Waals surface area contributed by atoms with Gasteiger partial charge in [0.2, 0.25) is 0 Å². The Bertz CT molecular complexity index is 1110. The standard InChI is InChI=1S/C22H18N2O5/c1-15(22(26)23-19-11-10-17-6-2-3-7-18(17)14-19)29-21(25)12-9-16-5-4-8-20(13-16)24(27)28/h2-15H,1H3,(H,23,26)/b12-9+. The molecule has 0 bridgehead atoms. The van der Waals surface area contributed by atoms with Crippen molar-refractivity contribution in [2.24, 2.45) is 0 Å². The summed E-state index contributed by atoms with van der Waals surface area (Å²) in [5.41, 5.74) is 0.997. The lowest BCUT2D eigenvalue weighted by atomic mass is 10.1. The lowest BCUT2D eigenvalue weighted by molar-refractivity contribution is -0.384. The lowest BCUT2D eigenvalue weighted by Crippen LogP contribution is -2.29. The number of hydrogen-bond donors (Lipinski definition) is 1. The number of carbonyl (C=O) groups is 2.